The zero-order valence-corrected chi connectivity index (χ0v) is 13.6. The molecular weight excluding hydrogens is 266 g/mol. The van der Waals surface area contributed by atoms with Crippen molar-refractivity contribution in [3.63, 3.8) is 0 Å². The van der Waals surface area contributed by atoms with Crippen molar-refractivity contribution in [1.29, 1.82) is 0 Å². The summed E-state index contributed by atoms with van der Waals surface area (Å²) in [6, 6.07) is 3.98. The fourth-order valence-electron chi connectivity index (χ4n) is 1.94. The van der Waals surface area contributed by atoms with E-state index in [9.17, 15) is 0 Å². The van der Waals surface area contributed by atoms with Crippen LogP contribution in [0.3, 0.4) is 0 Å². The van der Waals surface area contributed by atoms with Crippen LogP contribution < -0.4 is 9.47 Å². The number of ether oxygens (including phenoxy) is 2. The Hall–Kier alpha value is -1.97. The Bertz CT molecular complexity index is 484. The van der Waals surface area contributed by atoms with Gasteiger partial charge in [0.05, 0.1) is 5.71 Å². The van der Waals surface area contributed by atoms with Gasteiger partial charge in [-0.1, -0.05) is 24.2 Å². The number of benzene rings is 1. The number of rotatable bonds is 8. The Morgan fingerprint density at radius 3 is 2.38 bits per heavy atom. The molecule has 0 heterocycles. The zero-order chi connectivity index (χ0) is 15.7. The van der Waals surface area contributed by atoms with Gasteiger partial charge < -0.3 is 14.3 Å². The monoisotopic (exact) mass is 291 g/mol. The number of oxime groups is 1. The van der Waals surface area contributed by atoms with E-state index < -0.39 is 0 Å². The van der Waals surface area contributed by atoms with E-state index in [0.29, 0.717) is 13.2 Å². The largest absolute Gasteiger partial charge is 0.490 e. The second-order valence-electron chi connectivity index (χ2n) is 4.75. The fourth-order valence-corrected chi connectivity index (χ4v) is 1.94. The lowest BCUT2D eigenvalue weighted by molar-refractivity contribution is 0.209. The zero-order valence-electron chi connectivity index (χ0n) is 13.6. The standard InChI is InChI=1S/C17H25NO3/c1-6-8-9-20-16-10-13(3)17(14(4)11-16)21-12-15(7-2)18-19-5/h6,8,10-11H,7,9,12H2,1-5H3/b8-6+,18-15+. The predicted molar refractivity (Wildman–Crippen MR) is 86.5 cm³/mol. The normalized spacial score (nSPS) is 11.8. The molecule has 0 saturated carbocycles. The Kier molecular flexibility index (Phi) is 7.37. The van der Waals surface area contributed by atoms with Crippen LogP contribution in [0.15, 0.2) is 29.4 Å². The summed E-state index contributed by atoms with van der Waals surface area (Å²) >= 11 is 0. The molecule has 0 radical (unpaired) electrons. The van der Waals surface area contributed by atoms with Crippen LogP contribution in [0, 0.1) is 13.8 Å². The Balaban J connectivity index is 2.77. The van der Waals surface area contributed by atoms with E-state index in [-0.39, 0.29) is 0 Å². The molecule has 0 aliphatic rings. The Morgan fingerprint density at radius 1 is 1.19 bits per heavy atom. The van der Waals surface area contributed by atoms with Crippen molar-refractivity contribution in [2.24, 2.45) is 5.16 Å². The fraction of sp³-hybridized carbons (Fsp3) is 0.471. The summed E-state index contributed by atoms with van der Waals surface area (Å²) in [5.74, 6) is 1.74. The highest BCUT2D eigenvalue weighted by atomic mass is 16.6. The van der Waals surface area contributed by atoms with E-state index in [1.807, 2.05) is 52.0 Å². The summed E-state index contributed by atoms with van der Waals surface area (Å²) in [5.41, 5.74) is 2.99. The topological polar surface area (TPSA) is 40.0 Å². The molecule has 4 nitrogen and oxygen atoms in total. The second kappa shape index (κ2) is 9.06. The van der Waals surface area contributed by atoms with Crippen molar-refractivity contribution < 1.29 is 14.3 Å². The maximum Gasteiger partial charge on any atom is 0.130 e. The van der Waals surface area contributed by atoms with Crippen LogP contribution in [0.4, 0.5) is 0 Å². The second-order valence-corrected chi connectivity index (χ2v) is 4.75. The molecule has 0 unspecified atom stereocenters. The molecule has 1 aromatic rings. The van der Waals surface area contributed by atoms with Gasteiger partial charge in [-0.25, -0.2) is 0 Å². The SMILES string of the molecule is C/C=C/COc1cc(C)c(OC/C(CC)=N/OC)c(C)c1. The van der Waals surface area contributed by atoms with Crippen LogP contribution >= 0.6 is 0 Å². The minimum atomic E-state index is 0.435. The molecule has 0 atom stereocenters. The van der Waals surface area contributed by atoms with E-state index in [1.165, 1.54) is 0 Å². The first kappa shape index (κ1) is 17.1. The summed E-state index contributed by atoms with van der Waals surface area (Å²) in [5, 5.41) is 3.94. The van der Waals surface area contributed by atoms with Gasteiger partial charge in [-0.2, -0.15) is 0 Å². The third-order valence-electron chi connectivity index (χ3n) is 3.03. The lowest BCUT2D eigenvalue weighted by atomic mass is 10.1. The maximum absolute atomic E-state index is 5.87. The van der Waals surface area contributed by atoms with Gasteiger partial charge in [0.2, 0.25) is 0 Å². The van der Waals surface area contributed by atoms with Gasteiger partial charge in [0, 0.05) is 0 Å². The molecule has 116 valence electrons. The van der Waals surface area contributed by atoms with Crippen LogP contribution in [0.1, 0.15) is 31.4 Å². The molecule has 0 aromatic heterocycles. The molecule has 21 heavy (non-hydrogen) atoms. The minimum absolute atomic E-state index is 0.435. The average molecular weight is 291 g/mol. The summed E-state index contributed by atoms with van der Waals surface area (Å²) < 4.78 is 11.5. The van der Waals surface area contributed by atoms with Crippen LogP contribution in [0.5, 0.6) is 11.5 Å². The maximum atomic E-state index is 5.87. The summed E-state index contributed by atoms with van der Waals surface area (Å²) in [4.78, 5) is 4.80. The lowest BCUT2D eigenvalue weighted by Gasteiger charge is -2.14. The quantitative estimate of drug-likeness (QED) is 0.412. The van der Waals surface area contributed by atoms with Gasteiger partial charge in [-0.15, -0.1) is 0 Å². The van der Waals surface area contributed by atoms with Gasteiger partial charge in [-0.05, 0) is 50.5 Å². The molecule has 1 rings (SSSR count). The number of hydrogen-bond donors (Lipinski definition) is 0. The van der Waals surface area contributed by atoms with Crippen molar-refractivity contribution in [3.05, 3.63) is 35.4 Å². The highest BCUT2D eigenvalue weighted by Gasteiger charge is 2.08. The van der Waals surface area contributed by atoms with Crippen LogP contribution in [-0.2, 0) is 4.84 Å². The van der Waals surface area contributed by atoms with E-state index in [0.717, 1.165) is 34.8 Å². The molecule has 0 aliphatic carbocycles. The smallest absolute Gasteiger partial charge is 0.130 e. The molecule has 4 heteroatoms. The van der Waals surface area contributed by atoms with Gasteiger partial charge >= 0.3 is 0 Å². The molecule has 0 spiro atoms. The van der Waals surface area contributed by atoms with E-state index in [4.69, 9.17) is 14.3 Å². The molecule has 0 fully saturated rings. The first-order chi connectivity index (χ1) is 10.1. The predicted octanol–water partition coefficient (Wildman–Crippen LogP) is 4.05. The third-order valence-corrected chi connectivity index (χ3v) is 3.03. The molecule has 0 saturated heterocycles. The van der Waals surface area contributed by atoms with E-state index >= 15 is 0 Å². The average Bonchev–Trinajstić information content (AvgIpc) is 2.45. The Morgan fingerprint density at radius 2 is 1.86 bits per heavy atom. The minimum Gasteiger partial charge on any atom is -0.490 e. The Labute approximate surface area is 127 Å². The van der Waals surface area contributed by atoms with Crippen LogP contribution in [0.25, 0.3) is 0 Å². The number of allylic oxidation sites excluding steroid dienone is 1. The van der Waals surface area contributed by atoms with Crippen molar-refractivity contribution in [2.45, 2.75) is 34.1 Å². The van der Waals surface area contributed by atoms with Crippen molar-refractivity contribution in [2.75, 3.05) is 20.3 Å². The highest BCUT2D eigenvalue weighted by molar-refractivity contribution is 5.85. The molecule has 0 amide bonds. The summed E-state index contributed by atoms with van der Waals surface area (Å²) in [7, 11) is 1.54. The molecule has 0 bridgehead atoms. The number of aryl methyl sites for hydroxylation is 2. The molecular formula is C17H25NO3. The van der Waals surface area contributed by atoms with E-state index in [2.05, 4.69) is 5.16 Å². The summed E-state index contributed by atoms with van der Waals surface area (Å²) in [6.07, 6.45) is 4.75. The molecule has 0 N–H and O–H groups in total. The van der Waals surface area contributed by atoms with Crippen molar-refractivity contribution in [3.8, 4) is 11.5 Å². The van der Waals surface area contributed by atoms with Crippen molar-refractivity contribution in [1.82, 2.24) is 0 Å². The third kappa shape index (κ3) is 5.50. The van der Waals surface area contributed by atoms with Gasteiger partial charge in [0.25, 0.3) is 0 Å². The van der Waals surface area contributed by atoms with Crippen LogP contribution in [0.2, 0.25) is 0 Å². The van der Waals surface area contributed by atoms with Gasteiger partial charge in [-0.3, -0.25) is 0 Å². The lowest BCUT2D eigenvalue weighted by Crippen LogP contribution is -2.12. The van der Waals surface area contributed by atoms with Gasteiger partial charge in [0.1, 0.15) is 31.8 Å². The first-order valence-electron chi connectivity index (χ1n) is 7.19. The summed E-state index contributed by atoms with van der Waals surface area (Å²) in [6.45, 7) is 9.05. The molecule has 1 aromatic carbocycles. The molecule has 0 aliphatic heterocycles. The highest BCUT2D eigenvalue weighted by Crippen LogP contribution is 2.28. The van der Waals surface area contributed by atoms with Crippen molar-refractivity contribution >= 4 is 5.71 Å². The van der Waals surface area contributed by atoms with Gasteiger partial charge in [0.15, 0.2) is 0 Å². The van der Waals surface area contributed by atoms with Crippen LogP contribution in [-0.4, -0.2) is 26.0 Å². The number of nitrogens with zero attached hydrogens (tertiary/aromatic N) is 1. The number of hydrogen-bond acceptors (Lipinski definition) is 4. The van der Waals surface area contributed by atoms with E-state index in [1.54, 1.807) is 7.11 Å². The first-order valence-corrected chi connectivity index (χ1v) is 7.19.